The molecule has 0 N–H and O–H groups in total. The number of ether oxygens (including phenoxy) is 1. The molecule has 0 fully saturated rings. The molecule has 1 aromatic heterocycles. The van der Waals surface area contributed by atoms with Gasteiger partial charge in [-0.15, -0.1) is 0 Å². The van der Waals surface area contributed by atoms with E-state index < -0.39 is 17.2 Å². The summed E-state index contributed by atoms with van der Waals surface area (Å²) in [5, 5.41) is 0.265. The standard InChI is InChI=1S/C17H14ClN3O4S2/c1-25-17(22)13-8-7-12(18)10-15(13)21(27(23)24)16-14(19-26-20-16)9-11-5-3-2-4-6-11/h2-8,10H,9H2,1H3,(H,23,24)/p-1. The molecule has 0 aliphatic heterocycles. The number of aromatic nitrogens is 2. The van der Waals surface area contributed by atoms with Crippen molar-refractivity contribution in [3.05, 3.63) is 70.4 Å². The first-order chi connectivity index (χ1) is 13.0. The quantitative estimate of drug-likeness (QED) is 0.445. The highest BCUT2D eigenvalue weighted by molar-refractivity contribution is 7.81. The Morgan fingerprint density at radius 2 is 2.00 bits per heavy atom. The molecule has 7 nitrogen and oxygen atoms in total. The number of benzene rings is 2. The Balaban J connectivity index is 2.09. The monoisotopic (exact) mass is 422 g/mol. The highest BCUT2D eigenvalue weighted by Crippen LogP contribution is 2.34. The van der Waals surface area contributed by atoms with Crippen LogP contribution in [0.2, 0.25) is 5.02 Å². The molecule has 10 heteroatoms. The zero-order valence-corrected chi connectivity index (χ0v) is 16.4. The number of hydrogen-bond acceptors (Lipinski definition) is 7. The van der Waals surface area contributed by atoms with Gasteiger partial charge in [0.1, 0.15) is 5.69 Å². The molecule has 0 amide bonds. The van der Waals surface area contributed by atoms with Crippen LogP contribution in [-0.2, 0) is 22.4 Å². The van der Waals surface area contributed by atoms with Crippen LogP contribution in [0.25, 0.3) is 0 Å². The minimum atomic E-state index is -2.77. The lowest BCUT2D eigenvalue weighted by atomic mass is 10.1. The van der Waals surface area contributed by atoms with Gasteiger partial charge in [-0.3, -0.25) is 8.51 Å². The molecule has 0 aliphatic carbocycles. The molecule has 1 heterocycles. The fraction of sp³-hybridized carbons (Fsp3) is 0.118. The normalized spacial score (nSPS) is 11.8. The Morgan fingerprint density at radius 3 is 2.67 bits per heavy atom. The van der Waals surface area contributed by atoms with Gasteiger partial charge in [0.05, 0.1) is 41.4 Å². The SMILES string of the molecule is COC(=O)c1ccc(Cl)cc1N(c1nsnc1Cc1ccccc1)S(=O)[O-]. The van der Waals surface area contributed by atoms with Crippen molar-refractivity contribution in [1.29, 1.82) is 0 Å². The molecule has 0 aliphatic rings. The Bertz CT molecular complexity index is 981. The van der Waals surface area contributed by atoms with E-state index in [2.05, 4.69) is 8.75 Å². The van der Waals surface area contributed by atoms with Gasteiger partial charge in [0.25, 0.3) is 0 Å². The van der Waals surface area contributed by atoms with Crippen molar-refractivity contribution in [2.45, 2.75) is 6.42 Å². The van der Waals surface area contributed by atoms with Crippen LogP contribution in [0.1, 0.15) is 21.6 Å². The van der Waals surface area contributed by atoms with Crippen LogP contribution < -0.4 is 4.31 Å². The zero-order valence-electron chi connectivity index (χ0n) is 14.0. The number of anilines is 2. The first kappa shape index (κ1) is 19.4. The Morgan fingerprint density at radius 1 is 1.26 bits per heavy atom. The highest BCUT2D eigenvalue weighted by atomic mass is 35.5. The van der Waals surface area contributed by atoms with E-state index in [1.165, 1.54) is 25.3 Å². The van der Waals surface area contributed by atoms with Crippen LogP contribution in [0, 0.1) is 0 Å². The molecule has 0 saturated heterocycles. The number of carbonyl (C=O) groups is 1. The summed E-state index contributed by atoms with van der Waals surface area (Å²) in [6, 6.07) is 13.7. The van der Waals surface area contributed by atoms with Gasteiger partial charge < -0.3 is 9.29 Å². The van der Waals surface area contributed by atoms with Gasteiger partial charge in [0, 0.05) is 11.4 Å². The van der Waals surface area contributed by atoms with E-state index in [4.69, 9.17) is 16.3 Å². The molecule has 0 saturated carbocycles. The number of halogens is 1. The van der Waals surface area contributed by atoms with E-state index in [0.717, 1.165) is 21.6 Å². The molecule has 0 radical (unpaired) electrons. The van der Waals surface area contributed by atoms with Crippen LogP contribution in [0.15, 0.2) is 48.5 Å². The molecule has 0 bridgehead atoms. The van der Waals surface area contributed by atoms with E-state index in [0.29, 0.717) is 12.1 Å². The van der Waals surface area contributed by atoms with Crippen LogP contribution in [-0.4, -0.2) is 30.6 Å². The fourth-order valence-electron chi connectivity index (χ4n) is 2.48. The molecule has 3 rings (SSSR count). The molecule has 1 atom stereocenters. The summed E-state index contributed by atoms with van der Waals surface area (Å²) in [6.45, 7) is 0. The first-order valence-corrected chi connectivity index (χ1v) is 9.78. The van der Waals surface area contributed by atoms with Crippen LogP contribution >= 0.6 is 23.3 Å². The Labute approximate surface area is 167 Å². The summed E-state index contributed by atoms with van der Waals surface area (Å²) in [5.41, 5.74) is 1.50. The van der Waals surface area contributed by atoms with Gasteiger partial charge in [0.15, 0.2) is 5.82 Å². The van der Waals surface area contributed by atoms with E-state index >= 15 is 0 Å². The molecule has 0 spiro atoms. The van der Waals surface area contributed by atoms with E-state index in [-0.39, 0.29) is 22.1 Å². The lowest BCUT2D eigenvalue weighted by Gasteiger charge is -2.26. The lowest BCUT2D eigenvalue weighted by Crippen LogP contribution is -2.24. The maximum atomic E-state index is 12.1. The van der Waals surface area contributed by atoms with Gasteiger partial charge in [-0.1, -0.05) is 41.9 Å². The molecular formula is C17H13ClN3O4S2-. The third-order valence-corrected chi connectivity index (χ3v) is 5.14. The number of nitrogens with zero attached hydrogens (tertiary/aromatic N) is 3. The second-order valence-electron chi connectivity index (χ2n) is 5.36. The minimum Gasteiger partial charge on any atom is -0.755 e. The number of hydrogen-bond donors (Lipinski definition) is 0. The van der Waals surface area contributed by atoms with Gasteiger partial charge in [0.2, 0.25) is 0 Å². The van der Waals surface area contributed by atoms with Crippen molar-refractivity contribution < 1.29 is 18.3 Å². The summed E-state index contributed by atoms with van der Waals surface area (Å²) in [5.74, 6) is -0.575. The topological polar surface area (TPSA) is 95.5 Å². The third-order valence-electron chi connectivity index (χ3n) is 3.68. The van der Waals surface area contributed by atoms with E-state index in [1.54, 1.807) is 0 Å². The predicted molar refractivity (Wildman–Crippen MR) is 103 cm³/mol. The third kappa shape index (κ3) is 4.33. The largest absolute Gasteiger partial charge is 0.755 e. The van der Waals surface area contributed by atoms with Crippen molar-refractivity contribution >= 4 is 52.1 Å². The molecule has 3 aromatic rings. The van der Waals surface area contributed by atoms with Gasteiger partial charge in [-0.05, 0) is 23.8 Å². The lowest BCUT2D eigenvalue weighted by molar-refractivity contribution is 0.0602. The summed E-state index contributed by atoms with van der Waals surface area (Å²) < 4.78 is 38.1. The summed E-state index contributed by atoms with van der Waals surface area (Å²) >= 11 is 4.15. The molecule has 27 heavy (non-hydrogen) atoms. The van der Waals surface area contributed by atoms with Crippen molar-refractivity contribution in [2.24, 2.45) is 0 Å². The van der Waals surface area contributed by atoms with Gasteiger partial charge >= 0.3 is 5.97 Å². The smallest absolute Gasteiger partial charge is 0.340 e. The summed E-state index contributed by atoms with van der Waals surface area (Å²) in [7, 11) is 1.21. The fourth-order valence-corrected chi connectivity index (χ4v) is 3.84. The number of esters is 1. The number of rotatable bonds is 6. The first-order valence-electron chi connectivity index (χ1n) is 7.64. The average Bonchev–Trinajstić information content (AvgIpc) is 3.09. The molecule has 1 unspecified atom stereocenters. The van der Waals surface area contributed by atoms with Crippen LogP contribution in [0.4, 0.5) is 11.5 Å². The van der Waals surface area contributed by atoms with Crippen molar-refractivity contribution in [2.75, 3.05) is 11.4 Å². The molecular weight excluding hydrogens is 410 g/mol. The van der Waals surface area contributed by atoms with Crippen molar-refractivity contribution in [3.63, 3.8) is 0 Å². The van der Waals surface area contributed by atoms with Crippen molar-refractivity contribution in [1.82, 2.24) is 8.75 Å². The zero-order chi connectivity index (χ0) is 19.4. The maximum absolute atomic E-state index is 12.1. The van der Waals surface area contributed by atoms with Crippen LogP contribution in [0.5, 0.6) is 0 Å². The van der Waals surface area contributed by atoms with Crippen molar-refractivity contribution in [3.8, 4) is 0 Å². The average molecular weight is 423 g/mol. The second kappa shape index (κ2) is 8.57. The van der Waals surface area contributed by atoms with Crippen LogP contribution in [0.3, 0.4) is 0 Å². The Hall–Kier alpha value is -2.33. The molecule has 140 valence electrons. The van der Waals surface area contributed by atoms with E-state index in [9.17, 15) is 13.6 Å². The summed E-state index contributed by atoms with van der Waals surface area (Å²) in [4.78, 5) is 12.1. The Kier molecular flexibility index (Phi) is 6.17. The van der Waals surface area contributed by atoms with E-state index in [1.807, 2.05) is 30.3 Å². The predicted octanol–water partition coefficient (Wildman–Crippen LogP) is 3.50. The highest BCUT2D eigenvalue weighted by Gasteiger charge is 2.24. The minimum absolute atomic E-state index is 0.0460. The molecule has 2 aromatic carbocycles. The number of methoxy groups -OCH3 is 1. The van der Waals surface area contributed by atoms with Gasteiger partial charge in [-0.25, -0.2) is 4.79 Å². The second-order valence-corrected chi connectivity index (χ2v) is 7.13. The number of carbonyl (C=O) groups excluding carboxylic acids is 1. The summed E-state index contributed by atoms with van der Waals surface area (Å²) in [6.07, 6.45) is 0.383. The van der Waals surface area contributed by atoms with Gasteiger partial charge in [-0.2, -0.15) is 8.75 Å². The maximum Gasteiger partial charge on any atom is 0.340 e.